The molecule has 0 radical (unpaired) electrons. The van der Waals surface area contributed by atoms with E-state index in [4.69, 9.17) is 9.47 Å². The van der Waals surface area contributed by atoms with E-state index >= 15 is 0 Å². The highest BCUT2D eigenvalue weighted by molar-refractivity contribution is 7.99. The molecule has 32 heavy (non-hydrogen) atoms. The van der Waals surface area contributed by atoms with Crippen LogP contribution >= 0.6 is 11.8 Å². The molecule has 0 bridgehead atoms. The minimum absolute atomic E-state index is 0.0812. The van der Waals surface area contributed by atoms with E-state index in [-0.39, 0.29) is 11.9 Å². The lowest BCUT2D eigenvalue weighted by Crippen LogP contribution is -2.32. The highest BCUT2D eigenvalue weighted by atomic mass is 32.2. The number of amides is 1. The van der Waals surface area contributed by atoms with Crippen LogP contribution in [-0.2, 0) is 4.79 Å². The second-order valence-corrected chi connectivity index (χ2v) is 9.25. The summed E-state index contributed by atoms with van der Waals surface area (Å²) in [5, 5.41) is 0.835. The lowest BCUT2D eigenvalue weighted by Gasteiger charge is -2.26. The Morgan fingerprint density at radius 3 is 2.84 bits per heavy atom. The largest absolute Gasteiger partial charge is 0.486 e. The first-order valence-corrected chi connectivity index (χ1v) is 12.0. The van der Waals surface area contributed by atoms with Gasteiger partial charge in [-0.05, 0) is 61.6 Å². The monoisotopic (exact) mass is 449 g/mol. The lowest BCUT2D eigenvalue weighted by molar-refractivity contribution is -0.129. The van der Waals surface area contributed by atoms with Gasteiger partial charge in [-0.3, -0.25) is 9.36 Å². The van der Waals surface area contributed by atoms with Crippen LogP contribution in [0.2, 0.25) is 0 Å². The number of ether oxygens (including phenoxy) is 2. The Morgan fingerprint density at radius 2 is 1.97 bits per heavy atom. The van der Waals surface area contributed by atoms with E-state index in [9.17, 15) is 4.79 Å². The van der Waals surface area contributed by atoms with E-state index < -0.39 is 0 Å². The normalized spacial score (nSPS) is 17.6. The fraction of sp³-hybridized carbons (Fsp3) is 0.360. The van der Waals surface area contributed by atoms with Gasteiger partial charge in [0.25, 0.3) is 0 Å². The van der Waals surface area contributed by atoms with E-state index in [0.717, 1.165) is 47.3 Å². The zero-order valence-electron chi connectivity index (χ0n) is 18.4. The number of benzene rings is 2. The Morgan fingerprint density at radius 1 is 1.12 bits per heavy atom. The third-order valence-corrected chi connectivity index (χ3v) is 7.03. The van der Waals surface area contributed by atoms with Crippen molar-refractivity contribution in [2.45, 2.75) is 37.9 Å². The Balaban J connectivity index is 1.30. The molecule has 166 valence electrons. The molecular weight excluding hydrogens is 422 g/mol. The summed E-state index contributed by atoms with van der Waals surface area (Å²) in [6, 6.07) is 12.5. The van der Waals surface area contributed by atoms with Crippen molar-refractivity contribution in [3.8, 4) is 17.2 Å². The van der Waals surface area contributed by atoms with E-state index in [1.807, 2.05) is 23.2 Å². The van der Waals surface area contributed by atoms with E-state index in [1.54, 1.807) is 6.20 Å². The molecule has 6 nitrogen and oxygen atoms in total. The molecule has 2 aliphatic rings. The number of thioether (sulfide) groups is 1. The number of aromatic nitrogens is 2. The molecule has 2 aromatic carbocycles. The third-order valence-electron chi connectivity index (χ3n) is 6.08. The highest BCUT2D eigenvalue weighted by Crippen LogP contribution is 2.38. The molecule has 0 aliphatic carbocycles. The number of nitrogens with zero attached hydrogens (tertiary/aromatic N) is 3. The van der Waals surface area contributed by atoms with Crippen LogP contribution < -0.4 is 9.47 Å². The summed E-state index contributed by atoms with van der Waals surface area (Å²) in [7, 11) is 0. The smallest absolute Gasteiger partial charge is 0.233 e. The second kappa shape index (κ2) is 8.90. The Kier molecular flexibility index (Phi) is 5.83. The van der Waals surface area contributed by atoms with Crippen LogP contribution in [0.15, 0.2) is 53.9 Å². The molecule has 0 N–H and O–H groups in total. The molecule has 3 aromatic rings. The molecule has 1 unspecified atom stereocenters. The topological polar surface area (TPSA) is 56.6 Å². The number of rotatable bonds is 5. The van der Waals surface area contributed by atoms with Crippen LogP contribution in [-0.4, -0.2) is 45.9 Å². The van der Waals surface area contributed by atoms with Crippen LogP contribution in [0.5, 0.6) is 11.5 Å². The molecule has 0 saturated carbocycles. The lowest BCUT2D eigenvalue weighted by atomic mass is 10.0. The summed E-state index contributed by atoms with van der Waals surface area (Å²) >= 11 is 1.49. The predicted molar refractivity (Wildman–Crippen MR) is 125 cm³/mol. The molecular formula is C25H27N3O3S. The van der Waals surface area contributed by atoms with Crippen LogP contribution in [0.25, 0.3) is 5.69 Å². The average Bonchev–Trinajstić information content (AvgIpc) is 3.48. The number of carbonyl (C=O) groups excluding carboxylic acids is 1. The van der Waals surface area contributed by atoms with E-state index in [1.165, 1.54) is 22.9 Å². The molecule has 1 atom stereocenters. The van der Waals surface area contributed by atoms with Crippen molar-refractivity contribution < 1.29 is 14.3 Å². The van der Waals surface area contributed by atoms with Crippen molar-refractivity contribution in [2.75, 3.05) is 25.5 Å². The maximum absolute atomic E-state index is 13.2. The summed E-state index contributed by atoms with van der Waals surface area (Å²) < 4.78 is 13.5. The first-order valence-electron chi connectivity index (χ1n) is 11.0. The number of carbonyl (C=O) groups is 1. The van der Waals surface area contributed by atoms with Crippen LogP contribution in [0, 0.1) is 13.8 Å². The van der Waals surface area contributed by atoms with Gasteiger partial charge in [-0.2, -0.15) is 0 Å². The van der Waals surface area contributed by atoms with Gasteiger partial charge in [0, 0.05) is 18.9 Å². The minimum Gasteiger partial charge on any atom is -0.486 e. The van der Waals surface area contributed by atoms with Crippen molar-refractivity contribution in [3.05, 3.63) is 65.5 Å². The Hall–Kier alpha value is -2.93. The van der Waals surface area contributed by atoms with Crippen molar-refractivity contribution >= 4 is 17.7 Å². The molecule has 1 amide bonds. The van der Waals surface area contributed by atoms with Crippen molar-refractivity contribution in [2.24, 2.45) is 0 Å². The molecule has 3 heterocycles. The van der Waals surface area contributed by atoms with Crippen molar-refractivity contribution in [3.63, 3.8) is 0 Å². The first kappa shape index (κ1) is 20.9. The summed E-state index contributed by atoms with van der Waals surface area (Å²) in [5.74, 6) is 2.06. The third kappa shape index (κ3) is 4.09. The van der Waals surface area contributed by atoms with Crippen molar-refractivity contribution in [1.29, 1.82) is 0 Å². The quantitative estimate of drug-likeness (QED) is 0.528. The van der Waals surface area contributed by atoms with Gasteiger partial charge in [0.05, 0.1) is 17.5 Å². The number of imidazole rings is 1. The number of hydrogen-bond acceptors (Lipinski definition) is 5. The molecule has 1 fully saturated rings. The van der Waals surface area contributed by atoms with Gasteiger partial charge in [0.1, 0.15) is 13.2 Å². The van der Waals surface area contributed by atoms with Crippen molar-refractivity contribution in [1.82, 2.24) is 14.5 Å². The van der Waals surface area contributed by atoms with Gasteiger partial charge >= 0.3 is 0 Å². The van der Waals surface area contributed by atoms with Gasteiger partial charge in [0.2, 0.25) is 5.91 Å². The first-order chi connectivity index (χ1) is 15.6. The molecule has 0 spiro atoms. The van der Waals surface area contributed by atoms with Crippen LogP contribution in [0.3, 0.4) is 0 Å². The maximum atomic E-state index is 13.2. The van der Waals surface area contributed by atoms with Gasteiger partial charge in [-0.15, -0.1) is 0 Å². The summed E-state index contributed by atoms with van der Waals surface area (Å²) in [4.78, 5) is 19.7. The zero-order valence-corrected chi connectivity index (χ0v) is 19.2. The molecule has 7 heteroatoms. The predicted octanol–water partition coefficient (Wildman–Crippen LogP) is 4.72. The average molecular weight is 450 g/mol. The number of fused-ring (bicyclic) bond motifs is 1. The van der Waals surface area contributed by atoms with Crippen LogP contribution in [0.1, 0.15) is 35.6 Å². The zero-order chi connectivity index (χ0) is 22.1. The van der Waals surface area contributed by atoms with E-state index in [2.05, 4.69) is 47.7 Å². The SMILES string of the molecule is Cc1ccc(C)c(-n2ccnc2SCC(=O)N2CCCC2c2ccc3c(c2)OCCO3)c1. The molecule has 1 saturated heterocycles. The van der Waals surface area contributed by atoms with Gasteiger partial charge < -0.3 is 14.4 Å². The minimum atomic E-state index is 0.0812. The number of aryl methyl sites for hydroxylation is 2. The fourth-order valence-electron chi connectivity index (χ4n) is 4.45. The summed E-state index contributed by atoms with van der Waals surface area (Å²) in [6.07, 6.45) is 5.73. The van der Waals surface area contributed by atoms with Gasteiger partial charge in [-0.1, -0.05) is 30.0 Å². The van der Waals surface area contributed by atoms with Gasteiger partial charge in [0.15, 0.2) is 16.7 Å². The summed E-state index contributed by atoms with van der Waals surface area (Å²) in [6.45, 7) is 6.10. The number of hydrogen-bond donors (Lipinski definition) is 0. The molecule has 1 aromatic heterocycles. The summed E-state index contributed by atoms with van der Waals surface area (Å²) in [5.41, 5.74) is 4.60. The van der Waals surface area contributed by atoms with E-state index in [0.29, 0.717) is 19.0 Å². The van der Waals surface area contributed by atoms with Crippen LogP contribution in [0.4, 0.5) is 0 Å². The Bertz CT molecular complexity index is 1140. The standard InChI is InChI=1S/C25H27N3O3S/c1-17-5-6-18(2)21(14-17)28-11-9-26-25(28)32-16-24(29)27-10-3-4-20(27)19-7-8-22-23(15-19)31-13-12-30-22/h5-9,11,14-15,20H,3-4,10,12-13,16H2,1-2H3. The fourth-order valence-corrected chi connectivity index (χ4v) is 5.30. The second-order valence-electron chi connectivity index (χ2n) is 8.31. The van der Waals surface area contributed by atoms with Gasteiger partial charge in [-0.25, -0.2) is 4.98 Å². The molecule has 5 rings (SSSR count). The maximum Gasteiger partial charge on any atom is 0.233 e. The molecule has 2 aliphatic heterocycles. The Labute approximate surface area is 192 Å². The highest BCUT2D eigenvalue weighted by Gasteiger charge is 2.31. The number of likely N-dealkylation sites (tertiary alicyclic amines) is 1.